The van der Waals surface area contributed by atoms with Crippen LogP contribution in [-0.4, -0.2) is 62.3 Å². The zero-order valence-corrected chi connectivity index (χ0v) is 22.5. The molecule has 2 aliphatic carbocycles. The lowest BCUT2D eigenvalue weighted by molar-refractivity contribution is -0.170. The summed E-state index contributed by atoms with van der Waals surface area (Å²) in [6.45, 7) is 0. The monoisotopic (exact) mass is 546 g/mol. The summed E-state index contributed by atoms with van der Waals surface area (Å²) in [5.74, 6) is -3.13. The second-order valence-electron chi connectivity index (χ2n) is 9.71. The Balaban J connectivity index is 2.00. The van der Waals surface area contributed by atoms with E-state index in [1.165, 1.54) is 28.4 Å². The zero-order chi connectivity index (χ0) is 29.2. The summed E-state index contributed by atoms with van der Waals surface area (Å²) < 4.78 is 19.9. The van der Waals surface area contributed by atoms with Crippen molar-refractivity contribution >= 4 is 23.9 Å². The summed E-state index contributed by atoms with van der Waals surface area (Å²) in [6, 6.07) is 7.42. The maximum atomic E-state index is 12.9. The third-order valence-electron chi connectivity index (χ3n) is 7.53. The van der Waals surface area contributed by atoms with Gasteiger partial charge in [0, 0.05) is 12.8 Å². The summed E-state index contributed by atoms with van der Waals surface area (Å²) in [5.41, 5.74) is 0.116. The lowest BCUT2D eigenvalue weighted by atomic mass is 9.84. The number of aromatic nitrogens is 2. The number of methoxy groups -OCH3 is 4. The quantitative estimate of drug-likeness (QED) is 0.275. The van der Waals surface area contributed by atoms with Crippen LogP contribution in [0.3, 0.4) is 0 Å². The lowest BCUT2D eigenvalue weighted by Crippen LogP contribution is -2.42. The highest BCUT2D eigenvalue weighted by atomic mass is 16.6. The maximum absolute atomic E-state index is 12.9. The number of fused-ring (bicyclic) bond motifs is 2. The standard InChI is InChI=1S/C28H26N4O8/c1-37-23(33)27(24(34)38-2)11-15-9-17(5-7-29)31-21(19(15)13-27)22-20-14-28(25(35)39-3,26(36)40-4)12-16(20)10-18(32-22)6-8-30/h9-10H,5-6,11-14H2,1-4H3. The highest BCUT2D eigenvalue weighted by Gasteiger charge is 2.55. The van der Waals surface area contributed by atoms with E-state index in [1.54, 1.807) is 12.1 Å². The Labute approximate surface area is 229 Å². The number of carbonyl (C=O) groups is 4. The predicted molar refractivity (Wildman–Crippen MR) is 134 cm³/mol. The molecule has 0 aromatic carbocycles. The number of ether oxygens (including phenoxy) is 4. The normalized spacial score (nSPS) is 15.6. The van der Waals surface area contributed by atoms with Gasteiger partial charge in [0.1, 0.15) is 0 Å². The van der Waals surface area contributed by atoms with E-state index in [0.29, 0.717) is 33.6 Å². The van der Waals surface area contributed by atoms with E-state index >= 15 is 0 Å². The molecule has 12 nitrogen and oxygen atoms in total. The Bertz CT molecular complexity index is 1370. The van der Waals surface area contributed by atoms with Gasteiger partial charge in [-0.1, -0.05) is 0 Å². The SMILES string of the molecule is COC(=O)C1(C(=O)OC)Cc2cc(CC#N)nc(-c3nc(CC#N)cc4c3CC(C(=O)OC)(C(=O)OC)C4)c2C1. The molecule has 0 atom stereocenters. The fourth-order valence-corrected chi connectivity index (χ4v) is 5.72. The van der Waals surface area contributed by atoms with Gasteiger partial charge < -0.3 is 18.9 Å². The molecule has 4 rings (SSSR count). The first-order valence-electron chi connectivity index (χ1n) is 12.3. The van der Waals surface area contributed by atoms with Crippen LogP contribution in [0.5, 0.6) is 0 Å². The molecule has 2 aromatic rings. The Morgan fingerprint density at radius 1 is 0.675 bits per heavy atom. The zero-order valence-electron chi connectivity index (χ0n) is 22.5. The molecular weight excluding hydrogens is 520 g/mol. The summed E-state index contributed by atoms with van der Waals surface area (Å²) in [7, 11) is 4.70. The number of nitrogens with zero attached hydrogens (tertiary/aromatic N) is 4. The number of hydrogen-bond acceptors (Lipinski definition) is 12. The molecule has 0 unspecified atom stereocenters. The van der Waals surface area contributed by atoms with Crippen molar-refractivity contribution < 1.29 is 38.1 Å². The van der Waals surface area contributed by atoms with Crippen LogP contribution in [0.15, 0.2) is 12.1 Å². The minimum atomic E-state index is -1.68. The highest BCUT2D eigenvalue weighted by Crippen LogP contribution is 2.47. The number of pyridine rings is 2. The number of hydrogen-bond donors (Lipinski definition) is 0. The number of esters is 4. The topological polar surface area (TPSA) is 179 Å². The molecule has 0 bridgehead atoms. The van der Waals surface area contributed by atoms with Crippen LogP contribution in [0.25, 0.3) is 11.4 Å². The summed E-state index contributed by atoms with van der Waals surface area (Å²) >= 11 is 0. The van der Waals surface area contributed by atoms with Gasteiger partial charge in [-0.25, -0.2) is 9.97 Å². The third kappa shape index (κ3) is 4.31. The van der Waals surface area contributed by atoms with E-state index in [1.807, 2.05) is 0 Å². The van der Waals surface area contributed by atoms with Crippen LogP contribution < -0.4 is 0 Å². The molecule has 0 N–H and O–H groups in total. The lowest BCUT2D eigenvalue weighted by Gasteiger charge is -2.23. The van der Waals surface area contributed by atoms with E-state index in [4.69, 9.17) is 28.9 Å². The Morgan fingerprint density at radius 3 is 1.27 bits per heavy atom. The Morgan fingerprint density at radius 2 is 1.00 bits per heavy atom. The highest BCUT2D eigenvalue weighted by molar-refractivity contribution is 6.03. The smallest absolute Gasteiger partial charge is 0.323 e. The predicted octanol–water partition coefficient (Wildman–Crippen LogP) is 1.14. The molecule has 2 aromatic heterocycles. The minimum absolute atomic E-state index is 0.0516. The molecule has 40 heavy (non-hydrogen) atoms. The first-order valence-corrected chi connectivity index (χ1v) is 12.3. The van der Waals surface area contributed by atoms with Crippen LogP contribution >= 0.6 is 0 Å². The van der Waals surface area contributed by atoms with Crippen molar-refractivity contribution in [3.63, 3.8) is 0 Å². The van der Waals surface area contributed by atoms with Crippen LogP contribution in [-0.2, 0) is 76.7 Å². The first-order chi connectivity index (χ1) is 19.1. The van der Waals surface area contributed by atoms with E-state index in [2.05, 4.69) is 12.1 Å². The Kier molecular flexibility index (Phi) is 7.56. The summed E-state index contributed by atoms with van der Waals surface area (Å²) in [6.07, 6.45) is -0.478. The largest absolute Gasteiger partial charge is 0.468 e. The average molecular weight is 547 g/mol. The van der Waals surface area contributed by atoms with Crippen molar-refractivity contribution in [1.29, 1.82) is 10.5 Å². The third-order valence-corrected chi connectivity index (χ3v) is 7.53. The number of nitriles is 2. The van der Waals surface area contributed by atoms with Crippen molar-refractivity contribution in [2.45, 2.75) is 38.5 Å². The summed E-state index contributed by atoms with van der Waals surface area (Å²) in [4.78, 5) is 61.1. The van der Waals surface area contributed by atoms with Gasteiger partial charge in [0.05, 0.1) is 76.2 Å². The molecule has 0 radical (unpaired) electrons. The van der Waals surface area contributed by atoms with Gasteiger partial charge in [-0.05, 0) is 47.2 Å². The molecule has 0 amide bonds. The van der Waals surface area contributed by atoms with E-state index in [-0.39, 0.29) is 49.9 Å². The fourth-order valence-electron chi connectivity index (χ4n) is 5.72. The van der Waals surface area contributed by atoms with Gasteiger partial charge in [-0.3, -0.25) is 19.2 Å². The number of rotatable bonds is 7. The molecule has 206 valence electrons. The maximum Gasteiger partial charge on any atom is 0.323 e. The van der Waals surface area contributed by atoms with Crippen LogP contribution in [0.1, 0.15) is 33.6 Å². The van der Waals surface area contributed by atoms with Gasteiger partial charge in [-0.2, -0.15) is 10.5 Å². The first kappa shape index (κ1) is 28.2. The molecule has 0 aliphatic heterocycles. The molecule has 12 heteroatoms. The van der Waals surface area contributed by atoms with Gasteiger partial charge in [-0.15, -0.1) is 0 Å². The minimum Gasteiger partial charge on any atom is -0.468 e. The van der Waals surface area contributed by atoms with Crippen molar-refractivity contribution in [2.75, 3.05) is 28.4 Å². The second-order valence-corrected chi connectivity index (χ2v) is 9.71. The van der Waals surface area contributed by atoms with Crippen molar-refractivity contribution in [1.82, 2.24) is 9.97 Å². The van der Waals surface area contributed by atoms with Crippen molar-refractivity contribution in [3.05, 3.63) is 45.8 Å². The van der Waals surface area contributed by atoms with Crippen LogP contribution in [0.2, 0.25) is 0 Å². The molecule has 2 heterocycles. The fraction of sp³-hybridized carbons (Fsp3) is 0.429. The van der Waals surface area contributed by atoms with Crippen molar-refractivity contribution in [2.24, 2.45) is 10.8 Å². The molecular formula is C28H26N4O8. The molecule has 0 fully saturated rings. The van der Waals surface area contributed by atoms with Gasteiger partial charge in [0.2, 0.25) is 0 Å². The number of carbonyl (C=O) groups excluding carboxylic acids is 4. The van der Waals surface area contributed by atoms with E-state index < -0.39 is 34.7 Å². The van der Waals surface area contributed by atoms with E-state index in [0.717, 1.165) is 0 Å². The molecule has 0 spiro atoms. The van der Waals surface area contributed by atoms with Gasteiger partial charge in [0.15, 0.2) is 10.8 Å². The molecule has 0 saturated carbocycles. The van der Waals surface area contributed by atoms with Gasteiger partial charge in [0.25, 0.3) is 0 Å². The molecule has 2 aliphatic rings. The molecule has 0 saturated heterocycles. The van der Waals surface area contributed by atoms with Crippen LogP contribution in [0.4, 0.5) is 0 Å². The van der Waals surface area contributed by atoms with Gasteiger partial charge >= 0.3 is 23.9 Å². The van der Waals surface area contributed by atoms with Crippen molar-refractivity contribution in [3.8, 4) is 23.5 Å². The second kappa shape index (κ2) is 10.7. The average Bonchev–Trinajstić information content (AvgIpc) is 3.55. The van der Waals surface area contributed by atoms with Crippen LogP contribution in [0, 0.1) is 33.5 Å². The summed E-state index contributed by atoms with van der Waals surface area (Å²) in [5, 5.41) is 18.8. The Hall–Kier alpha value is -4.84. The van der Waals surface area contributed by atoms with E-state index in [9.17, 15) is 29.7 Å².